The maximum Gasteiger partial charge on any atom is 0.251 e. The second-order valence-corrected chi connectivity index (χ2v) is 5.87. The highest BCUT2D eigenvalue weighted by Crippen LogP contribution is 2.06. The van der Waals surface area contributed by atoms with Crippen LogP contribution in [0.5, 0.6) is 0 Å². The summed E-state index contributed by atoms with van der Waals surface area (Å²) < 4.78 is 10.1. The van der Waals surface area contributed by atoms with Gasteiger partial charge in [-0.15, -0.1) is 0 Å². The zero-order valence-corrected chi connectivity index (χ0v) is 15.1. The van der Waals surface area contributed by atoms with E-state index < -0.39 is 12.2 Å². The minimum absolute atomic E-state index is 0.121. The Labute approximate surface area is 144 Å². The third-order valence-corrected chi connectivity index (χ3v) is 3.97. The molecule has 0 saturated carbocycles. The third kappa shape index (κ3) is 6.29. The van der Waals surface area contributed by atoms with Crippen LogP contribution < -0.4 is 5.32 Å². The molecule has 0 spiro atoms. The first-order chi connectivity index (χ1) is 11.4. The molecule has 0 heterocycles. The second kappa shape index (κ2) is 10.1. The predicted molar refractivity (Wildman–Crippen MR) is 92.7 cm³/mol. The van der Waals surface area contributed by atoms with Crippen molar-refractivity contribution < 1.29 is 19.1 Å². The fourth-order valence-corrected chi connectivity index (χ4v) is 2.32. The van der Waals surface area contributed by atoms with Gasteiger partial charge < -0.3 is 19.7 Å². The molecule has 0 aromatic heterocycles. The molecule has 134 valence electrons. The van der Waals surface area contributed by atoms with Gasteiger partial charge in [0.2, 0.25) is 5.91 Å². The summed E-state index contributed by atoms with van der Waals surface area (Å²) in [5, 5.41) is 2.96. The number of benzene rings is 1. The summed E-state index contributed by atoms with van der Waals surface area (Å²) in [7, 11) is 4.70. The molecule has 0 saturated heterocycles. The summed E-state index contributed by atoms with van der Waals surface area (Å²) >= 11 is 0. The van der Waals surface area contributed by atoms with Gasteiger partial charge in [-0.25, -0.2) is 0 Å². The molecule has 0 aliphatic carbocycles. The summed E-state index contributed by atoms with van der Waals surface area (Å²) in [6.45, 7) is 3.79. The molecule has 0 radical (unpaired) electrons. The number of carbonyl (C=O) groups excluding carboxylic acids is 2. The van der Waals surface area contributed by atoms with Crippen LogP contribution in [0.3, 0.4) is 0 Å². The van der Waals surface area contributed by atoms with Crippen molar-refractivity contribution in [1.82, 2.24) is 10.2 Å². The monoisotopic (exact) mass is 336 g/mol. The van der Waals surface area contributed by atoms with Crippen LogP contribution >= 0.6 is 0 Å². The number of carbonyl (C=O) groups is 2. The quantitative estimate of drug-likeness (QED) is 0.737. The van der Waals surface area contributed by atoms with E-state index in [1.165, 1.54) is 14.2 Å². The highest BCUT2D eigenvalue weighted by Gasteiger charge is 2.23. The molecule has 1 aromatic carbocycles. The SMILES string of the molecule is CO[C@H](C)C(=O)N[C@@H](Cc1ccccc1)CN(C)C(=O)[C@@H](C)OC. The first-order valence-corrected chi connectivity index (χ1v) is 8.03. The Bertz CT molecular complexity index is 521. The summed E-state index contributed by atoms with van der Waals surface area (Å²) in [6.07, 6.45) is -0.426. The second-order valence-electron chi connectivity index (χ2n) is 5.87. The lowest BCUT2D eigenvalue weighted by atomic mass is 10.0. The lowest BCUT2D eigenvalue weighted by molar-refractivity contribution is -0.140. The van der Waals surface area contributed by atoms with E-state index in [4.69, 9.17) is 9.47 Å². The molecule has 2 amide bonds. The van der Waals surface area contributed by atoms with Crippen LogP contribution in [0.15, 0.2) is 30.3 Å². The van der Waals surface area contributed by atoms with Crippen LogP contribution in [-0.4, -0.2) is 62.8 Å². The van der Waals surface area contributed by atoms with Gasteiger partial charge in [0.05, 0.1) is 6.04 Å². The molecule has 24 heavy (non-hydrogen) atoms. The number of likely N-dealkylation sites (N-methyl/N-ethyl adjacent to an activating group) is 1. The molecule has 1 rings (SSSR count). The van der Waals surface area contributed by atoms with Crippen LogP contribution in [-0.2, 0) is 25.5 Å². The van der Waals surface area contributed by atoms with Crippen molar-refractivity contribution in [2.75, 3.05) is 27.8 Å². The standard InChI is InChI=1S/C18H28N2O4/c1-13(23-4)17(21)19-16(11-15-9-7-6-8-10-15)12-20(3)18(22)14(2)24-5/h6-10,13-14,16H,11-12H2,1-5H3,(H,19,21)/t13-,14-,16+/m1/s1. The number of hydrogen-bond acceptors (Lipinski definition) is 4. The Morgan fingerprint density at radius 3 is 2.21 bits per heavy atom. The average Bonchev–Trinajstić information content (AvgIpc) is 2.60. The molecule has 6 heteroatoms. The zero-order valence-electron chi connectivity index (χ0n) is 15.1. The van der Waals surface area contributed by atoms with Crippen molar-refractivity contribution in [2.24, 2.45) is 0 Å². The molecule has 0 fully saturated rings. The Kier molecular flexibility index (Phi) is 8.43. The van der Waals surface area contributed by atoms with Gasteiger partial charge >= 0.3 is 0 Å². The van der Waals surface area contributed by atoms with E-state index in [1.54, 1.807) is 25.8 Å². The van der Waals surface area contributed by atoms with Crippen LogP contribution in [0.1, 0.15) is 19.4 Å². The van der Waals surface area contributed by atoms with Crippen molar-refractivity contribution in [3.05, 3.63) is 35.9 Å². The van der Waals surface area contributed by atoms with Gasteiger partial charge in [0.1, 0.15) is 12.2 Å². The van der Waals surface area contributed by atoms with Crippen LogP contribution in [0.4, 0.5) is 0 Å². The summed E-state index contributed by atoms with van der Waals surface area (Å²) in [6, 6.07) is 9.63. The zero-order chi connectivity index (χ0) is 18.1. The largest absolute Gasteiger partial charge is 0.372 e. The molecular formula is C18H28N2O4. The van der Waals surface area contributed by atoms with Gasteiger partial charge in [0.25, 0.3) is 5.91 Å². The van der Waals surface area contributed by atoms with E-state index in [2.05, 4.69) is 5.32 Å². The molecule has 0 bridgehead atoms. The van der Waals surface area contributed by atoms with Gasteiger partial charge in [-0.1, -0.05) is 30.3 Å². The fraction of sp³-hybridized carbons (Fsp3) is 0.556. The topological polar surface area (TPSA) is 67.9 Å². The van der Waals surface area contributed by atoms with E-state index >= 15 is 0 Å². The maximum absolute atomic E-state index is 12.2. The van der Waals surface area contributed by atoms with E-state index in [1.807, 2.05) is 30.3 Å². The molecule has 0 aliphatic heterocycles. The molecule has 6 nitrogen and oxygen atoms in total. The number of rotatable bonds is 9. The van der Waals surface area contributed by atoms with Gasteiger partial charge in [-0.05, 0) is 25.8 Å². The summed E-state index contributed by atoms with van der Waals surface area (Å²) in [4.78, 5) is 25.9. The van der Waals surface area contributed by atoms with E-state index in [0.29, 0.717) is 13.0 Å². The third-order valence-electron chi connectivity index (χ3n) is 3.97. The Balaban J connectivity index is 2.80. The highest BCUT2D eigenvalue weighted by atomic mass is 16.5. The molecule has 1 aromatic rings. The number of amides is 2. The minimum Gasteiger partial charge on any atom is -0.372 e. The number of ether oxygens (including phenoxy) is 2. The smallest absolute Gasteiger partial charge is 0.251 e. The average molecular weight is 336 g/mol. The van der Waals surface area contributed by atoms with Crippen molar-refractivity contribution in [2.45, 2.75) is 38.5 Å². The molecule has 3 atom stereocenters. The summed E-state index contributed by atoms with van der Waals surface area (Å²) in [5.41, 5.74) is 1.09. The van der Waals surface area contributed by atoms with Crippen LogP contribution in [0.25, 0.3) is 0 Å². The van der Waals surface area contributed by atoms with Crippen molar-refractivity contribution in [3.63, 3.8) is 0 Å². The number of nitrogens with one attached hydrogen (secondary N) is 1. The van der Waals surface area contributed by atoms with Gasteiger partial charge in [0.15, 0.2) is 0 Å². The van der Waals surface area contributed by atoms with Crippen LogP contribution in [0, 0.1) is 0 Å². The normalized spacial score (nSPS) is 14.5. The predicted octanol–water partition coefficient (Wildman–Crippen LogP) is 1.24. The molecule has 0 unspecified atom stereocenters. The first kappa shape index (κ1) is 20.1. The lowest BCUT2D eigenvalue weighted by Crippen LogP contribution is -2.49. The van der Waals surface area contributed by atoms with Crippen molar-refractivity contribution in [1.29, 1.82) is 0 Å². The minimum atomic E-state index is -0.540. The lowest BCUT2D eigenvalue weighted by Gasteiger charge is -2.27. The first-order valence-electron chi connectivity index (χ1n) is 8.03. The molecule has 1 N–H and O–H groups in total. The van der Waals surface area contributed by atoms with E-state index in [9.17, 15) is 9.59 Å². The fourth-order valence-electron chi connectivity index (χ4n) is 2.32. The van der Waals surface area contributed by atoms with Crippen molar-refractivity contribution in [3.8, 4) is 0 Å². The molecular weight excluding hydrogens is 308 g/mol. The van der Waals surface area contributed by atoms with E-state index in [0.717, 1.165) is 5.56 Å². The van der Waals surface area contributed by atoms with Gasteiger partial charge in [0, 0.05) is 27.8 Å². The number of hydrogen-bond donors (Lipinski definition) is 1. The van der Waals surface area contributed by atoms with Crippen LogP contribution in [0.2, 0.25) is 0 Å². The Hall–Kier alpha value is -1.92. The number of nitrogens with zero attached hydrogens (tertiary/aromatic N) is 1. The summed E-state index contributed by atoms with van der Waals surface area (Å²) in [5.74, 6) is -0.316. The maximum atomic E-state index is 12.2. The Morgan fingerprint density at radius 2 is 1.67 bits per heavy atom. The molecule has 0 aliphatic rings. The highest BCUT2D eigenvalue weighted by molar-refractivity contribution is 5.81. The van der Waals surface area contributed by atoms with Gasteiger partial charge in [-0.2, -0.15) is 0 Å². The van der Waals surface area contributed by atoms with E-state index in [-0.39, 0.29) is 17.9 Å². The number of methoxy groups -OCH3 is 2. The van der Waals surface area contributed by atoms with Gasteiger partial charge in [-0.3, -0.25) is 9.59 Å². The Morgan fingerprint density at radius 1 is 1.08 bits per heavy atom. The van der Waals surface area contributed by atoms with Crippen molar-refractivity contribution >= 4 is 11.8 Å².